The van der Waals surface area contributed by atoms with Crippen molar-refractivity contribution in [1.29, 1.82) is 0 Å². The predicted octanol–water partition coefficient (Wildman–Crippen LogP) is 2.59. The molecule has 1 aliphatic heterocycles. The highest BCUT2D eigenvalue weighted by Gasteiger charge is 2.29. The molecule has 98 valence electrons. The summed E-state index contributed by atoms with van der Waals surface area (Å²) in [5, 5.41) is 6.33. The fourth-order valence-electron chi connectivity index (χ4n) is 2.24. The van der Waals surface area contributed by atoms with Crippen LogP contribution in [0, 0.1) is 11.8 Å². The van der Waals surface area contributed by atoms with Crippen LogP contribution in [-0.4, -0.2) is 24.7 Å². The maximum atomic E-state index is 12.2. The first-order valence-electron chi connectivity index (χ1n) is 6.45. The highest BCUT2D eigenvalue weighted by atomic mass is 32.2. The molecule has 0 spiro atoms. The van der Waals surface area contributed by atoms with E-state index in [9.17, 15) is 4.79 Å². The Kier molecular flexibility index (Phi) is 4.66. The summed E-state index contributed by atoms with van der Waals surface area (Å²) in [7, 11) is 0. The molecule has 1 fully saturated rings. The minimum Gasteiger partial charge on any atom is -0.325 e. The number of hydrogen-bond donors (Lipinski definition) is 2. The molecule has 1 aromatic carbocycles. The highest BCUT2D eigenvalue weighted by molar-refractivity contribution is 7.99. The Hall–Kier alpha value is -1.00. The van der Waals surface area contributed by atoms with Gasteiger partial charge in [-0.2, -0.15) is 0 Å². The molecule has 1 aromatic rings. The fraction of sp³-hybridized carbons (Fsp3) is 0.500. The molecule has 1 aliphatic rings. The largest absolute Gasteiger partial charge is 0.325 e. The predicted molar refractivity (Wildman–Crippen MR) is 77.0 cm³/mol. The molecule has 1 heterocycles. The number of anilines is 1. The minimum atomic E-state index is 0.0877. The van der Waals surface area contributed by atoms with Gasteiger partial charge in [0.1, 0.15) is 0 Å². The fourth-order valence-corrected chi connectivity index (χ4v) is 3.00. The lowest BCUT2D eigenvalue weighted by molar-refractivity contribution is -0.120. The zero-order valence-electron chi connectivity index (χ0n) is 10.9. The van der Waals surface area contributed by atoms with Crippen molar-refractivity contribution in [2.45, 2.75) is 18.7 Å². The molecule has 3 nitrogen and oxygen atoms in total. The Bertz CT molecular complexity index is 422. The molecule has 0 bridgehead atoms. The monoisotopic (exact) mass is 264 g/mol. The van der Waals surface area contributed by atoms with Gasteiger partial charge in [-0.05, 0) is 30.3 Å². The van der Waals surface area contributed by atoms with E-state index in [4.69, 9.17) is 0 Å². The van der Waals surface area contributed by atoms with E-state index in [-0.39, 0.29) is 11.8 Å². The van der Waals surface area contributed by atoms with Crippen LogP contribution in [0.5, 0.6) is 0 Å². The molecule has 2 rings (SSSR count). The molecule has 1 amide bonds. The second-order valence-corrected chi connectivity index (χ2v) is 5.97. The molecule has 1 saturated heterocycles. The van der Waals surface area contributed by atoms with Gasteiger partial charge in [0.15, 0.2) is 0 Å². The Morgan fingerprint density at radius 3 is 2.89 bits per heavy atom. The average Bonchev–Trinajstić information content (AvgIpc) is 2.78. The second kappa shape index (κ2) is 6.25. The zero-order valence-corrected chi connectivity index (χ0v) is 11.7. The molecule has 2 unspecified atom stereocenters. The van der Waals surface area contributed by atoms with Crippen molar-refractivity contribution in [1.82, 2.24) is 5.32 Å². The van der Waals surface area contributed by atoms with E-state index in [1.807, 2.05) is 18.2 Å². The lowest BCUT2D eigenvalue weighted by Gasteiger charge is -2.16. The summed E-state index contributed by atoms with van der Waals surface area (Å²) in [5.41, 5.74) is 0.938. The van der Waals surface area contributed by atoms with Crippen molar-refractivity contribution in [3.05, 3.63) is 24.3 Å². The van der Waals surface area contributed by atoms with Crippen molar-refractivity contribution in [2.24, 2.45) is 11.8 Å². The molecule has 4 heteroatoms. The van der Waals surface area contributed by atoms with Gasteiger partial charge in [0, 0.05) is 11.4 Å². The SMILES string of the molecule is CCSc1ccccc1NC(=O)C1CNCC1C. The molecule has 0 saturated carbocycles. The maximum absolute atomic E-state index is 12.2. The van der Waals surface area contributed by atoms with E-state index in [2.05, 4.69) is 30.5 Å². The smallest absolute Gasteiger partial charge is 0.229 e. The third-order valence-corrected chi connectivity index (χ3v) is 4.25. The standard InChI is InChI=1S/C14H20N2OS/c1-3-18-13-7-5-4-6-12(13)16-14(17)11-9-15-8-10(11)2/h4-7,10-11,15H,3,8-9H2,1-2H3,(H,16,17). The molecule has 18 heavy (non-hydrogen) atoms. The summed E-state index contributed by atoms with van der Waals surface area (Å²) in [4.78, 5) is 13.4. The Labute approximate surface area is 113 Å². The summed E-state index contributed by atoms with van der Waals surface area (Å²) in [6.07, 6.45) is 0. The lowest BCUT2D eigenvalue weighted by atomic mass is 9.97. The van der Waals surface area contributed by atoms with E-state index in [0.29, 0.717) is 5.92 Å². The summed E-state index contributed by atoms with van der Waals surface area (Å²) in [6, 6.07) is 8.00. The number of nitrogens with one attached hydrogen (secondary N) is 2. The van der Waals surface area contributed by atoms with Crippen LogP contribution >= 0.6 is 11.8 Å². The Balaban J connectivity index is 2.06. The Morgan fingerprint density at radius 1 is 1.44 bits per heavy atom. The maximum Gasteiger partial charge on any atom is 0.229 e. The van der Waals surface area contributed by atoms with E-state index < -0.39 is 0 Å². The van der Waals surface area contributed by atoms with E-state index in [1.54, 1.807) is 11.8 Å². The van der Waals surface area contributed by atoms with Crippen LogP contribution in [0.3, 0.4) is 0 Å². The van der Waals surface area contributed by atoms with Gasteiger partial charge in [-0.1, -0.05) is 26.0 Å². The number of hydrogen-bond acceptors (Lipinski definition) is 3. The van der Waals surface area contributed by atoms with Crippen molar-refractivity contribution < 1.29 is 4.79 Å². The normalized spacial score (nSPS) is 23.0. The first-order valence-corrected chi connectivity index (χ1v) is 7.44. The Morgan fingerprint density at radius 2 is 2.22 bits per heavy atom. The van der Waals surface area contributed by atoms with Crippen LogP contribution in [0.1, 0.15) is 13.8 Å². The van der Waals surface area contributed by atoms with E-state index in [0.717, 1.165) is 29.4 Å². The molecule has 0 radical (unpaired) electrons. The molecular weight excluding hydrogens is 244 g/mol. The van der Waals surface area contributed by atoms with E-state index in [1.165, 1.54) is 0 Å². The molecule has 0 aromatic heterocycles. The molecular formula is C14H20N2OS. The number of para-hydroxylation sites is 1. The van der Waals surface area contributed by atoms with E-state index >= 15 is 0 Å². The lowest BCUT2D eigenvalue weighted by Crippen LogP contribution is -2.28. The first kappa shape index (κ1) is 13.4. The summed E-state index contributed by atoms with van der Waals surface area (Å²) >= 11 is 1.76. The summed E-state index contributed by atoms with van der Waals surface area (Å²) in [5.74, 6) is 1.64. The van der Waals surface area contributed by atoms with Gasteiger partial charge in [-0.15, -0.1) is 11.8 Å². The van der Waals surface area contributed by atoms with Crippen LogP contribution in [0.4, 0.5) is 5.69 Å². The average molecular weight is 264 g/mol. The number of benzene rings is 1. The summed E-state index contributed by atoms with van der Waals surface area (Å²) < 4.78 is 0. The van der Waals surface area contributed by atoms with Crippen molar-refractivity contribution >= 4 is 23.4 Å². The van der Waals surface area contributed by atoms with Gasteiger partial charge in [-0.3, -0.25) is 4.79 Å². The van der Waals surface area contributed by atoms with Crippen molar-refractivity contribution in [3.8, 4) is 0 Å². The van der Waals surface area contributed by atoms with Crippen molar-refractivity contribution in [2.75, 3.05) is 24.2 Å². The number of thioether (sulfide) groups is 1. The first-order chi connectivity index (χ1) is 8.72. The van der Waals surface area contributed by atoms with Gasteiger partial charge < -0.3 is 10.6 Å². The number of carbonyl (C=O) groups is 1. The number of amides is 1. The van der Waals surface area contributed by atoms with Gasteiger partial charge >= 0.3 is 0 Å². The van der Waals surface area contributed by atoms with Crippen LogP contribution in [0.25, 0.3) is 0 Å². The quantitative estimate of drug-likeness (QED) is 0.821. The second-order valence-electron chi connectivity index (χ2n) is 4.66. The number of carbonyl (C=O) groups excluding carboxylic acids is 1. The van der Waals surface area contributed by atoms with Gasteiger partial charge in [-0.25, -0.2) is 0 Å². The third kappa shape index (κ3) is 3.06. The van der Waals surface area contributed by atoms with Gasteiger partial charge in [0.25, 0.3) is 0 Å². The number of rotatable bonds is 4. The van der Waals surface area contributed by atoms with Crippen LogP contribution < -0.4 is 10.6 Å². The van der Waals surface area contributed by atoms with Crippen LogP contribution in [0.15, 0.2) is 29.2 Å². The topological polar surface area (TPSA) is 41.1 Å². The minimum absolute atomic E-state index is 0.0877. The molecule has 2 N–H and O–H groups in total. The summed E-state index contributed by atoms with van der Waals surface area (Å²) in [6.45, 7) is 5.96. The van der Waals surface area contributed by atoms with Gasteiger partial charge in [0.2, 0.25) is 5.91 Å². The van der Waals surface area contributed by atoms with Crippen molar-refractivity contribution in [3.63, 3.8) is 0 Å². The third-order valence-electron chi connectivity index (χ3n) is 3.30. The van der Waals surface area contributed by atoms with Crippen LogP contribution in [0.2, 0.25) is 0 Å². The highest BCUT2D eigenvalue weighted by Crippen LogP contribution is 2.28. The molecule has 0 aliphatic carbocycles. The van der Waals surface area contributed by atoms with Crippen LogP contribution in [-0.2, 0) is 4.79 Å². The zero-order chi connectivity index (χ0) is 13.0. The van der Waals surface area contributed by atoms with Gasteiger partial charge in [0.05, 0.1) is 11.6 Å². The molecule has 2 atom stereocenters.